The Morgan fingerprint density at radius 2 is 2.12 bits per heavy atom. The minimum Gasteiger partial charge on any atom is -0.395 e. The molecule has 0 radical (unpaired) electrons. The third-order valence-corrected chi connectivity index (χ3v) is 3.41. The van der Waals surface area contributed by atoms with E-state index in [-0.39, 0.29) is 6.61 Å². The fourth-order valence-corrected chi connectivity index (χ4v) is 2.35. The number of likely N-dealkylation sites (N-methyl/N-ethyl adjacent to an activating group) is 1. The maximum Gasteiger partial charge on any atom is 0.0816 e. The molecule has 2 N–H and O–H groups in total. The Morgan fingerprint density at radius 1 is 1.41 bits per heavy atom. The molecule has 0 heterocycles. The second-order valence-corrected chi connectivity index (χ2v) is 5.32. The number of rotatable bonds is 6. The van der Waals surface area contributed by atoms with E-state index in [9.17, 15) is 5.11 Å². The largest absolute Gasteiger partial charge is 0.395 e. The molecule has 3 nitrogen and oxygen atoms in total. The van der Waals surface area contributed by atoms with Crippen molar-refractivity contribution >= 4 is 27.5 Å². The summed E-state index contributed by atoms with van der Waals surface area (Å²) in [5, 5.41) is 19.3. The van der Waals surface area contributed by atoms with E-state index < -0.39 is 6.10 Å². The molecule has 0 saturated carbocycles. The molecule has 0 amide bonds. The zero-order valence-corrected chi connectivity index (χ0v) is 12.1. The van der Waals surface area contributed by atoms with E-state index in [0.29, 0.717) is 24.5 Å². The lowest BCUT2D eigenvalue weighted by molar-refractivity contribution is 0.141. The van der Waals surface area contributed by atoms with Crippen LogP contribution in [0.3, 0.4) is 0 Å². The molecule has 5 heteroatoms. The zero-order valence-electron chi connectivity index (χ0n) is 9.74. The average Bonchev–Trinajstić information content (AvgIpc) is 2.26. The molecule has 0 aliphatic carbocycles. The predicted molar refractivity (Wildman–Crippen MR) is 73.3 cm³/mol. The number of halogens is 2. The van der Waals surface area contributed by atoms with E-state index in [1.165, 1.54) is 0 Å². The van der Waals surface area contributed by atoms with Gasteiger partial charge in [0.05, 0.1) is 12.7 Å². The summed E-state index contributed by atoms with van der Waals surface area (Å²) in [7, 11) is 1.91. The predicted octanol–water partition coefficient (Wildman–Crippen LogP) is 2.45. The summed E-state index contributed by atoms with van der Waals surface area (Å²) in [4.78, 5) is 1.97. The summed E-state index contributed by atoms with van der Waals surface area (Å²) in [5.41, 5.74) is 0.743. The Kier molecular flexibility index (Phi) is 6.44. The van der Waals surface area contributed by atoms with Crippen molar-refractivity contribution in [3.63, 3.8) is 0 Å². The van der Waals surface area contributed by atoms with Crippen molar-refractivity contribution in [1.29, 1.82) is 0 Å². The minimum absolute atomic E-state index is 0.131. The van der Waals surface area contributed by atoms with Gasteiger partial charge in [-0.1, -0.05) is 33.6 Å². The van der Waals surface area contributed by atoms with Gasteiger partial charge >= 0.3 is 0 Å². The van der Waals surface area contributed by atoms with Gasteiger partial charge in [-0.2, -0.15) is 0 Å². The first-order valence-electron chi connectivity index (χ1n) is 5.47. The van der Waals surface area contributed by atoms with Crippen LogP contribution in [0.4, 0.5) is 0 Å². The molecule has 1 rings (SSSR count). The lowest BCUT2D eigenvalue weighted by atomic mass is 10.1. The Labute approximate surface area is 115 Å². The lowest BCUT2D eigenvalue weighted by Gasteiger charge is -2.18. The lowest BCUT2D eigenvalue weighted by Crippen LogP contribution is -2.24. The number of nitrogens with zero attached hydrogens (tertiary/aromatic N) is 1. The average molecular weight is 323 g/mol. The Morgan fingerprint density at radius 3 is 2.71 bits per heavy atom. The molecular formula is C12H17BrClNO2. The monoisotopic (exact) mass is 321 g/mol. The standard InChI is InChI=1S/C12H17BrClNO2/c1-15(6-7-16)5-4-12(17)10-3-2-9(13)8-11(10)14/h2-3,8,12,16-17H,4-7H2,1H3. The molecule has 0 saturated heterocycles. The van der Waals surface area contributed by atoms with Gasteiger partial charge in [-0.15, -0.1) is 0 Å². The topological polar surface area (TPSA) is 43.7 Å². The number of aliphatic hydroxyl groups is 2. The van der Waals surface area contributed by atoms with Gasteiger partial charge in [-0.25, -0.2) is 0 Å². The van der Waals surface area contributed by atoms with Gasteiger partial charge < -0.3 is 15.1 Å². The maximum absolute atomic E-state index is 10.0. The van der Waals surface area contributed by atoms with E-state index in [1.807, 2.05) is 24.1 Å². The van der Waals surface area contributed by atoms with Crippen LogP contribution in [0, 0.1) is 0 Å². The maximum atomic E-state index is 10.0. The van der Waals surface area contributed by atoms with Gasteiger partial charge in [-0.3, -0.25) is 0 Å². The third kappa shape index (κ3) is 4.94. The fraction of sp³-hybridized carbons (Fsp3) is 0.500. The second kappa shape index (κ2) is 7.34. The summed E-state index contributed by atoms with van der Waals surface area (Å²) in [5.74, 6) is 0. The molecule has 17 heavy (non-hydrogen) atoms. The van der Waals surface area contributed by atoms with Gasteiger partial charge in [0.2, 0.25) is 0 Å². The normalized spacial score (nSPS) is 13.1. The molecular weight excluding hydrogens is 305 g/mol. The molecule has 1 aromatic carbocycles. The molecule has 0 aliphatic heterocycles. The molecule has 96 valence electrons. The zero-order chi connectivity index (χ0) is 12.8. The van der Waals surface area contributed by atoms with E-state index in [4.69, 9.17) is 16.7 Å². The summed E-state index contributed by atoms with van der Waals surface area (Å²) in [6.45, 7) is 1.46. The van der Waals surface area contributed by atoms with Crippen LogP contribution in [0.2, 0.25) is 5.02 Å². The van der Waals surface area contributed by atoms with Crippen LogP contribution in [0.25, 0.3) is 0 Å². The highest BCUT2D eigenvalue weighted by Crippen LogP contribution is 2.28. The van der Waals surface area contributed by atoms with Crippen molar-refractivity contribution < 1.29 is 10.2 Å². The highest BCUT2D eigenvalue weighted by Gasteiger charge is 2.12. The van der Waals surface area contributed by atoms with E-state index in [2.05, 4.69) is 15.9 Å². The summed E-state index contributed by atoms with van der Waals surface area (Å²) >= 11 is 9.38. The van der Waals surface area contributed by atoms with Crippen LogP contribution >= 0.6 is 27.5 Å². The van der Waals surface area contributed by atoms with Crippen molar-refractivity contribution in [2.75, 3.05) is 26.7 Å². The highest BCUT2D eigenvalue weighted by atomic mass is 79.9. The number of hydrogen-bond acceptors (Lipinski definition) is 3. The molecule has 1 atom stereocenters. The number of hydrogen-bond donors (Lipinski definition) is 2. The van der Waals surface area contributed by atoms with Gasteiger partial charge in [0, 0.05) is 22.6 Å². The van der Waals surface area contributed by atoms with Gasteiger partial charge in [0.25, 0.3) is 0 Å². The van der Waals surface area contributed by atoms with Crippen LogP contribution in [0.5, 0.6) is 0 Å². The summed E-state index contributed by atoms with van der Waals surface area (Å²) in [6, 6.07) is 5.46. The van der Waals surface area contributed by atoms with Gasteiger partial charge in [-0.05, 0) is 31.2 Å². The van der Waals surface area contributed by atoms with Gasteiger partial charge in [0.15, 0.2) is 0 Å². The first kappa shape index (κ1) is 14.9. The number of benzene rings is 1. The van der Waals surface area contributed by atoms with Crippen LogP contribution < -0.4 is 0 Å². The second-order valence-electron chi connectivity index (χ2n) is 4.00. The molecule has 0 aliphatic rings. The highest BCUT2D eigenvalue weighted by molar-refractivity contribution is 9.10. The molecule has 0 fully saturated rings. The molecule has 1 unspecified atom stereocenters. The van der Waals surface area contributed by atoms with E-state index in [0.717, 1.165) is 10.0 Å². The van der Waals surface area contributed by atoms with Crippen LogP contribution in [-0.4, -0.2) is 41.9 Å². The van der Waals surface area contributed by atoms with Crippen LogP contribution in [0.15, 0.2) is 22.7 Å². The molecule has 0 bridgehead atoms. The van der Waals surface area contributed by atoms with Crippen LogP contribution in [-0.2, 0) is 0 Å². The van der Waals surface area contributed by atoms with Crippen molar-refractivity contribution in [1.82, 2.24) is 4.90 Å². The molecule has 1 aromatic rings. The molecule has 0 spiro atoms. The quantitative estimate of drug-likeness (QED) is 0.845. The van der Waals surface area contributed by atoms with E-state index in [1.54, 1.807) is 6.07 Å². The van der Waals surface area contributed by atoms with Crippen molar-refractivity contribution in [3.8, 4) is 0 Å². The third-order valence-electron chi connectivity index (χ3n) is 2.59. The minimum atomic E-state index is -0.572. The Balaban J connectivity index is 2.54. The SMILES string of the molecule is CN(CCO)CCC(O)c1ccc(Br)cc1Cl. The van der Waals surface area contributed by atoms with Crippen molar-refractivity contribution in [3.05, 3.63) is 33.3 Å². The fourth-order valence-electron chi connectivity index (χ4n) is 1.55. The first-order valence-corrected chi connectivity index (χ1v) is 6.64. The van der Waals surface area contributed by atoms with E-state index >= 15 is 0 Å². The van der Waals surface area contributed by atoms with Crippen molar-refractivity contribution in [2.45, 2.75) is 12.5 Å². The Bertz CT molecular complexity index is 362. The van der Waals surface area contributed by atoms with Gasteiger partial charge in [0.1, 0.15) is 0 Å². The summed E-state index contributed by atoms with van der Waals surface area (Å²) in [6.07, 6.45) is 0.0226. The Hall–Kier alpha value is -0.130. The first-order chi connectivity index (χ1) is 8.04. The smallest absolute Gasteiger partial charge is 0.0816 e. The van der Waals surface area contributed by atoms with Crippen LogP contribution in [0.1, 0.15) is 18.1 Å². The summed E-state index contributed by atoms with van der Waals surface area (Å²) < 4.78 is 0.899. The molecule has 0 aromatic heterocycles. The van der Waals surface area contributed by atoms with Crippen molar-refractivity contribution in [2.24, 2.45) is 0 Å². The number of aliphatic hydroxyl groups excluding tert-OH is 2.